The Kier molecular flexibility index (Phi) is 5.30. The minimum absolute atomic E-state index is 0.0944. The standard InChI is InChI=1S/C22H26FNO2/c1-15(2)26-20-11-10-17(14-16(20)3)24-21(25)22(12-6-7-13-22)18-8-4-5-9-19(18)23/h4-5,8-11,14-15H,6-7,12-13H2,1-3H3,(H,24,25). The Morgan fingerprint density at radius 1 is 1.15 bits per heavy atom. The van der Waals surface area contributed by atoms with E-state index in [-0.39, 0.29) is 17.8 Å². The molecule has 3 nitrogen and oxygen atoms in total. The predicted octanol–water partition coefficient (Wildman–Crippen LogP) is 5.37. The molecule has 4 heteroatoms. The molecule has 2 aromatic carbocycles. The van der Waals surface area contributed by atoms with Gasteiger partial charge in [-0.05, 0) is 63.4 Å². The highest BCUT2D eigenvalue weighted by molar-refractivity contribution is 5.99. The summed E-state index contributed by atoms with van der Waals surface area (Å²) in [6.07, 6.45) is 3.31. The van der Waals surface area contributed by atoms with E-state index in [9.17, 15) is 9.18 Å². The number of carbonyl (C=O) groups is 1. The zero-order valence-electron chi connectivity index (χ0n) is 15.6. The molecule has 2 aromatic rings. The number of benzene rings is 2. The summed E-state index contributed by atoms with van der Waals surface area (Å²) in [7, 11) is 0. The van der Waals surface area contributed by atoms with Crippen molar-refractivity contribution >= 4 is 11.6 Å². The third-order valence-corrected chi connectivity index (χ3v) is 5.08. The number of rotatable bonds is 5. The molecule has 0 atom stereocenters. The first-order valence-electron chi connectivity index (χ1n) is 9.26. The number of hydrogen-bond donors (Lipinski definition) is 1. The van der Waals surface area contributed by atoms with Crippen molar-refractivity contribution in [2.24, 2.45) is 0 Å². The van der Waals surface area contributed by atoms with Gasteiger partial charge in [0.1, 0.15) is 11.6 Å². The maximum atomic E-state index is 14.4. The van der Waals surface area contributed by atoms with Gasteiger partial charge in [0.2, 0.25) is 5.91 Å². The molecular formula is C22H26FNO2. The van der Waals surface area contributed by atoms with Gasteiger partial charge in [-0.25, -0.2) is 4.39 Å². The highest BCUT2D eigenvalue weighted by Gasteiger charge is 2.44. The number of hydrogen-bond acceptors (Lipinski definition) is 2. The van der Waals surface area contributed by atoms with E-state index < -0.39 is 5.41 Å². The van der Waals surface area contributed by atoms with E-state index in [2.05, 4.69) is 5.32 Å². The van der Waals surface area contributed by atoms with Crippen molar-refractivity contribution in [3.63, 3.8) is 0 Å². The zero-order valence-corrected chi connectivity index (χ0v) is 15.6. The Balaban J connectivity index is 1.86. The van der Waals surface area contributed by atoms with Gasteiger partial charge in [-0.3, -0.25) is 4.79 Å². The number of nitrogens with one attached hydrogen (secondary N) is 1. The van der Waals surface area contributed by atoms with Crippen LogP contribution in [0.2, 0.25) is 0 Å². The van der Waals surface area contributed by atoms with E-state index in [0.29, 0.717) is 24.1 Å². The molecule has 1 N–H and O–H groups in total. The summed E-state index contributed by atoms with van der Waals surface area (Å²) in [5, 5.41) is 3.01. The molecule has 0 spiro atoms. The molecule has 1 saturated carbocycles. The molecule has 0 radical (unpaired) electrons. The van der Waals surface area contributed by atoms with Gasteiger partial charge >= 0.3 is 0 Å². The Hall–Kier alpha value is -2.36. The molecular weight excluding hydrogens is 329 g/mol. The Bertz CT molecular complexity index is 794. The van der Waals surface area contributed by atoms with Gasteiger partial charge in [0.25, 0.3) is 0 Å². The molecule has 26 heavy (non-hydrogen) atoms. The SMILES string of the molecule is Cc1cc(NC(=O)C2(c3ccccc3F)CCCC2)ccc1OC(C)C. The largest absolute Gasteiger partial charge is 0.491 e. The lowest BCUT2D eigenvalue weighted by atomic mass is 9.77. The lowest BCUT2D eigenvalue weighted by Crippen LogP contribution is -2.38. The van der Waals surface area contributed by atoms with Gasteiger partial charge in [-0.1, -0.05) is 31.0 Å². The van der Waals surface area contributed by atoms with E-state index in [1.807, 2.05) is 39.0 Å². The maximum absolute atomic E-state index is 14.4. The van der Waals surface area contributed by atoms with Crippen LogP contribution in [0.25, 0.3) is 0 Å². The van der Waals surface area contributed by atoms with Gasteiger partial charge < -0.3 is 10.1 Å². The van der Waals surface area contributed by atoms with Crippen molar-refractivity contribution in [2.45, 2.75) is 58.0 Å². The Morgan fingerprint density at radius 2 is 1.85 bits per heavy atom. The van der Waals surface area contributed by atoms with Crippen LogP contribution in [0, 0.1) is 12.7 Å². The summed E-state index contributed by atoms with van der Waals surface area (Å²) in [6.45, 7) is 5.91. The molecule has 0 saturated heterocycles. The van der Waals surface area contributed by atoms with Gasteiger partial charge in [-0.15, -0.1) is 0 Å². The molecule has 0 unspecified atom stereocenters. The summed E-state index contributed by atoms with van der Waals surface area (Å²) in [5.41, 5.74) is 1.40. The second-order valence-corrected chi connectivity index (χ2v) is 7.37. The first-order valence-corrected chi connectivity index (χ1v) is 9.26. The third kappa shape index (κ3) is 3.59. The van der Waals surface area contributed by atoms with Crippen LogP contribution in [-0.4, -0.2) is 12.0 Å². The van der Waals surface area contributed by atoms with E-state index >= 15 is 0 Å². The van der Waals surface area contributed by atoms with E-state index in [0.717, 1.165) is 24.2 Å². The molecule has 0 heterocycles. The maximum Gasteiger partial charge on any atom is 0.235 e. The minimum Gasteiger partial charge on any atom is -0.491 e. The van der Waals surface area contributed by atoms with Crippen LogP contribution in [0.4, 0.5) is 10.1 Å². The Morgan fingerprint density at radius 3 is 2.46 bits per heavy atom. The molecule has 1 amide bonds. The van der Waals surface area contributed by atoms with Gasteiger partial charge in [0, 0.05) is 11.3 Å². The van der Waals surface area contributed by atoms with Crippen molar-refractivity contribution in [2.75, 3.05) is 5.32 Å². The zero-order chi connectivity index (χ0) is 18.7. The predicted molar refractivity (Wildman–Crippen MR) is 102 cm³/mol. The summed E-state index contributed by atoms with van der Waals surface area (Å²) < 4.78 is 20.2. The molecule has 3 rings (SSSR count). The quantitative estimate of drug-likeness (QED) is 0.783. The average Bonchev–Trinajstić information content (AvgIpc) is 3.08. The van der Waals surface area contributed by atoms with Crippen LogP contribution in [0.3, 0.4) is 0 Å². The molecule has 1 aliphatic rings. The highest BCUT2D eigenvalue weighted by atomic mass is 19.1. The van der Waals surface area contributed by atoms with Gasteiger partial charge in [0.15, 0.2) is 0 Å². The summed E-state index contributed by atoms with van der Waals surface area (Å²) in [4.78, 5) is 13.2. The lowest BCUT2D eigenvalue weighted by Gasteiger charge is -2.29. The third-order valence-electron chi connectivity index (χ3n) is 5.08. The van der Waals surface area contributed by atoms with E-state index in [1.54, 1.807) is 18.2 Å². The fourth-order valence-corrected chi connectivity index (χ4v) is 3.81. The van der Waals surface area contributed by atoms with Crippen LogP contribution in [0.1, 0.15) is 50.7 Å². The van der Waals surface area contributed by atoms with Crippen molar-refractivity contribution < 1.29 is 13.9 Å². The van der Waals surface area contributed by atoms with Gasteiger partial charge in [0.05, 0.1) is 11.5 Å². The monoisotopic (exact) mass is 355 g/mol. The van der Waals surface area contributed by atoms with Crippen molar-refractivity contribution in [3.8, 4) is 5.75 Å². The number of aryl methyl sites for hydroxylation is 1. The van der Waals surface area contributed by atoms with Crippen molar-refractivity contribution in [3.05, 3.63) is 59.4 Å². The van der Waals surface area contributed by atoms with Gasteiger partial charge in [-0.2, -0.15) is 0 Å². The number of anilines is 1. The smallest absolute Gasteiger partial charge is 0.235 e. The van der Waals surface area contributed by atoms with Crippen LogP contribution in [0.5, 0.6) is 5.75 Å². The van der Waals surface area contributed by atoms with Crippen LogP contribution in [-0.2, 0) is 10.2 Å². The summed E-state index contributed by atoms with van der Waals surface area (Å²) >= 11 is 0. The second-order valence-electron chi connectivity index (χ2n) is 7.37. The van der Waals surface area contributed by atoms with Crippen LogP contribution >= 0.6 is 0 Å². The topological polar surface area (TPSA) is 38.3 Å². The second kappa shape index (κ2) is 7.48. The number of carbonyl (C=O) groups excluding carboxylic acids is 1. The molecule has 138 valence electrons. The Labute approximate surface area is 154 Å². The van der Waals surface area contributed by atoms with E-state index in [1.165, 1.54) is 6.07 Å². The highest BCUT2D eigenvalue weighted by Crippen LogP contribution is 2.43. The molecule has 1 fully saturated rings. The van der Waals surface area contributed by atoms with Crippen molar-refractivity contribution in [1.29, 1.82) is 0 Å². The fraction of sp³-hybridized carbons (Fsp3) is 0.409. The molecule has 1 aliphatic carbocycles. The summed E-state index contributed by atoms with van der Waals surface area (Å²) in [6, 6.07) is 12.3. The first-order chi connectivity index (χ1) is 12.4. The lowest BCUT2D eigenvalue weighted by molar-refractivity contribution is -0.121. The first kappa shape index (κ1) is 18.4. The average molecular weight is 355 g/mol. The van der Waals surface area contributed by atoms with Crippen LogP contribution < -0.4 is 10.1 Å². The number of halogens is 1. The summed E-state index contributed by atoms with van der Waals surface area (Å²) in [5.74, 6) is 0.376. The van der Waals surface area contributed by atoms with E-state index in [4.69, 9.17) is 4.74 Å². The normalized spacial score (nSPS) is 15.9. The number of ether oxygens (including phenoxy) is 1. The molecule has 0 aliphatic heterocycles. The number of amides is 1. The van der Waals surface area contributed by atoms with Crippen LogP contribution in [0.15, 0.2) is 42.5 Å². The fourth-order valence-electron chi connectivity index (χ4n) is 3.81. The van der Waals surface area contributed by atoms with Crippen molar-refractivity contribution in [1.82, 2.24) is 0 Å². The molecule has 0 aromatic heterocycles. The minimum atomic E-state index is -0.785. The molecule has 0 bridgehead atoms.